The molecular weight excluding hydrogens is 385 g/mol. The van der Waals surface area contributed by atoms with E-state index in [2.05, 4.69) is 5.32 Å². The monoisotopic (exact) mass is 415 g/mol. The second-order valence-electron chi connectivity index (χ2n) is 7.16. The number of carboxylic acids is 1. The van der Waals surface area contributed by atoms with Crippen LogP contribution in [0.1, 0.15) is 45.7 Å². The number of alkyl carbamates (subject to hydrolysis) is 1. The van der Waals surface area contributed by atoms with Crippen LogP contribution >= 0.6 is 7.60 Å². The molecule has 0 bridgehead atoms. The van der Waals surface area contributed by atoms with Crippen LogP contribution in [-0.2, 0) is 35.7 Å². The molecule has 28 heavy (non-hydrogen) atoms. The number of hydrogen-bond acceptors (Lipinski definition) is 6. The number of ether oxygens (including phenoxy) is 1. The quantitative estimate of drug-likeness (QED) is 0.556. The number of nitrogens with one attached hydrogen (secondary N) is 1. The summed E-state index contributed by atoms with van der Waals surface area (Å²) in [6.07, 6.45) is -0.567. The molecule has 1 atom stereocenters. The first-order valence-electron chi connectivity index (χ1n) is 9.16. The van der Waals surface area contributed by atoms with Gasteiger partial charge < -0.3 is 24.2 Å². The highest BCUT2D eigenvalue weighted by Gasteiger charge is 2.26. The van der Waals surface area contributed by atoms with Gasteiger partial charge in [0.2, 0.25) is 0 Å². The molecular formula is C19H30NO7P. The van der Waals surface area contributed by atoms with E-state index in [1.54, 1.807) is 58.9 Å². The molecule has 8 nitrogen and oxygen atoms in total. The highest BCUT2D eigenvalue weighted by molar-refractivity contribution is 7.53. The minimum Gasteiger partial charge on any atom is -0.480 e. The van der Waals surface area contributed by atoms with Gasteiger partial charge in [0, 0.05) is 6.42 Å². The molecule has 1 amide bonds. The smallest absolute Gasteiger partial charge is 0.408 e. The lowest BCUT2D eigenvalue weighted by Gasteiger charge is -2.22. The Morgan fingerprint density at radius 3 is 2.00 bits per heavy atom. The third-order valence-electron chi connectivity index (χ3n) is 3.48. The van der Waals surface area contributed by atoms with Gasteiger partial charge >= 0.3 is 19.7 Å². The van der Waals surface area contributed by atoms with Crippen LogP contribution in [0.5, 0.6) is 0 Å². The molecule has 0 heterocycles. The lowest BCUT2D eigenvalue weighted by Crippen LogP contribution is -2.44. The Hall–Kier alpha value is -1.89. The Kier molecular flexibility index (Phi) is 9.14. The van der Waals surface area contributed by atoms with Gasteiger partial charge in [0.1, 0.15) is 11.6 Å². The molecule has 2 N–H and O–H groups in total. The Bertz CT molecular complexity index is 687. The summed E-state index contributed by atoms with van der Waals surface area (Å²) in [5.41, 5.74) is 0.736. The van der Waals surface area contributed by atoms with Crippen molar-refractivity contribution >= 4 is 19.7 Å². The largest absolute Gasteiger partial charge is 0.480 e. The molecule has 0 unspecified atom stereocenters. The van der Waals surface area contributed by atoms with Crippen LogP contribution in [0.25, 0.3) is 0 Å². The van der Waals surface area contributed by atoms with Crippen LogP contribution in [0.2, 0.25) is 0 Å². The van der Waals surface area contributed by atoms with Gasteiger partial charge in [-0.1, -0.05) is 24.3 Å². The first-order valence-corrected chi connectivity index (χ1v) is 10.9. The summed E-state index contributed by atoms with van der Waals surface area (Å²) in [5, 5.41) is 11.7. The summed E-state index contributed by atoms with van der Waals surface area (Å²) in [4.78, 5) is 23.3. The van der Waals surface area contributed by atoms with Gasteiger partial charge in [0.15, 0.2) is 0 Å². The molecule has 1 rings (SSSR count). The molecule has 9 heteroatoms. The molecule has 0 radical (unpaired) electrons. The number of hydrogen-bond donors (Lipinski definition) is 2. The average Bonchev–Trinajstić information content (AvgIpc) is 2.54. The highest BCUT2D eigenvalue weighted by Crippen LogP contribution is 2.51. The number of carboxylic acid groups (broad SMARTS) is 1. The number of carbonyl (C=O) groups is 2. The van der Waals surface area contributed by atoms with Gasteiger partial charge in [-0.25, -0.2) is 9.59 Å². The van der Waals surface area contributed by atoms with Crippen LogP contribution in [-0.4, -0.2) is 42.0 Å². The summed E-state index contributed by atoms with van der Waals surface area (Å²) >= 11 is 0. The maximum Gasteiger partial charge on any atom is 0.408 e. The first-order chi connectivity index (χ1) is 13.0. The minimum atomic E-state index is -3.21. The summed E-state index contributed by atoms with van der Waals surface area (Å²) in [6, 6.07) is 5.81. The molecule has 0 aromatic heterocycles. The van der Waals surface area contributed by atoms with Gasteiger partial charge in [-0.2, -0.15) is 0 Å². The second-order valence-corrected chi connectivity index (χ2v) is 9.22. The third-order valence-corrected chi connectivity index (χ3v) is 5.54. The van der Waals surface area contributed by atoms with E-state index in [1.807, 2.05) is 0 Å². The van der Waals surface area contributed by atoms with E-state index in [1.165, 1.54) is 0 Å². The molecule has 0 aliphatic heterocycles. The van der Waals surface area contributed by atoms with Gasteiger partial charge in [-0.05, 0) is 45.7 Å². The van der Waals surface area contributed by atoms with E-state index < -0.39 is 31.3 Å². The van der Waals surface area contributed by atoms with Crippen molar-refractivity contribution in [2.45, 2.75) is 58.8 Å². The lowest BCUT2D eigenvalue weighted by atomic mass is 10.0. The molecule has 1 aromatic carbocycles. The minimum absolute atomic E-state index is 0.0867. The summed E-state index contributed by atoms with van der Waals surface area (Å²) in [7, 11) is -3.21. The number of carbonyl (C=O) groups excluding carboxylic acids is 1. The third kappa shape index (κ3) is 8.87. The maximum atomic E-state index is 12.6. The SMILES string of the molecule is CCOP(=O)(Cc1ccc(C[C@@H](NC(=O)OC(C)(C)C)C(=O)O)cc1)OCC. The molecule has 0 aliphatic carbocycles. The number of aliphatic carboxylic acids is 1. The standard InChI is InChI=1S/C19H30NO7P/c1-6-25-28(24,26-7-2)13-15-10-8-14(9-11-15)12-16(17(21)22)20-18(23)27-19(3,4)5/h8-11,16H,6-7,12-13H2,1-5H3,(H,20,23)(H,21,22)/t16-/m1/s1. The van der Waals surface area contributed by atoms with E-state index >= 15 is 0 Å². The van der Waals surface area contributed by atoms with Crippen molar-refractivity contribution in [2.75, 3.05) is 13.2 Å². The van der Waals surface area contributed by atoms with Gasteiger partial charge in [-0.3, -0.25) is 4.57 Å². The van der Waals surface area contributed by atoms with Crippen molar-refractivity contribution in [1.29, 1.82) is 0 Å². The van der Waals surface area contributed by atoms with Crippen LogP contribution in [0.15, 0.2) is 24.3 Å². The summed E-state index contributed by atoms with van der Waals surface area (Å²) < 4.78 is 28.2. The first kappa shape index (κ1) is 24.1. The van der Waals surface area contributed by atoms with Crippen molar-refractivity contribution in [3.05, 3.63) is 35.4 Å². The Balaban J connectivity index is 2.79. The molecule has 0 saturated heterocycles. The topological polar surface area (TPSA) is 111 Å². The van der Waals surface area contributed by atoms with Crippen molar-refractivity contribution in [2.24, 2.45) is 0 Å². The zero-order valence-corrected chi connectivity index (χ0v) is 18.0. The predicted octanol–water partition coefficient (Wildman–Crippen LogP) is 3.97. The van der Waals surface area contributed by atoms with Gasteiger partial charge in [0.05, 0.1) is 19.4 Å². The van der Waals surface area contributed by atoms with Crippen molar-refractivity contribution in [3.8, 4) is 0 Å². The molecule has 0 fully saturated rings. The molecule has 0 spiro atoms. The Morgan fingerprint density at radius 2 is 1.57 bits per heavy atom. The van der Waals surface area contributed by atoms with Crippen LogP contribution in [0, 0.1) is 0 Å². The van der Waals surface area contributed by atoms with Crippen molar-refractivity contribution in [1.82, 2.24) is 5.32 Å². The van der Waals surface area contributed by atoms with Crippen LogP contribution in [0.3, 0.4) is 0 Å². The Morgan fingerprint density at radius 1 is 1.07 bits per heavy atom. The van der Waals surface area contributed by atoms with Crippen LogP contribution < -0.4 is 5.32 Å². The van der Waals surface area contributed by atoms with Crippen molar-refractivity contribution in [3.63, 3.8) is 0 Å². The van der Waals surface area contributed by atoms with E-state index in [0.29, 0.717) is 5.56 Å². The highest BCUT2D eigenvalue weighted by atomic mass is 31.2. The summed E-state index contributed by atoms with van der Waals surface area (Å²) in [5.74, 6) is -1.16. The zero-order valence-electron chi connectivity index (χ0n) is 17.1. The molecule has 1 aromatic rings. The van der Waals surface area contributed by atoms with E-state index in [0.717, 1.165) is 5.56 Å². The average molecular weight is 415 g/mol. The normalized spacial score (nSPS) is 13.0. The van der Waals surface area contributed by atoms with Gasteiger partial charge in [0.25, 0.3) is 0 Å². The zero-order chi connectivity index (χ0) is 21.4. The fourth-order valence-electron chi connectivity index (χ4n) is 2.41. The predicted molar refractivity (Wildman–Crippen MR) is 106 cm³/mol. The number of amides is 1. The molecule has 0 saturated carbocycles. The maximum absolute atomic E-state index is 12.6. The van der Waals surface area contributed by atoms with Crippen LogP contribution in [0.4, 0.5) is 4.79 Å². The Labute approximate surface area is 166 Å². The lowest BCUT2D eigenvalue weighted by molar-refractivity contribution is -0.139. The second kappa shape index (κ2) is 10.6. The van der Waals surface area contributed by atoms with E-state index in [4.69, 9.17) is 13.8 Å². The van der Waals surface area contributed by atoms with Crippen molar-refractivity contribution < 1.29 is 33.0 Å². The molecule has 0 aliphatic rings. The van der Waals surface area contributed by atoms with Gasteiger partial charge in [-0.15, -0.1) is 0 Å². The fraction of sp³-hybridized carbons (Fsp3) is 0.579. The number of benzene rings is 1. The molecule has 158 valence electrons. The fourth-order valence-corrected chi connectivity index (χ4v) is 4.11. The number of rotatable bonds is 10. The van der Waals surface area contributed by atoms with E-state index in [-0.39, 0.29) is 25.8 Å². The van der Waals surface area contributed by atoms with E-state index in [9.17, 15) is 19.3 Å². The summed E-state index contributed by atoms with van der Waals surface area (Å²) in [6.45, 7) is 9.16.